The van der Waals surface area contributed by atoms with Crippen LogP contribution in [0.2, 0.25) is 5.02 Å². The second-order valence-corrected chi connectivity index (χ2v) is 3.41. The van der Waals surface area contributed by atoms with Crippen LogP contribution in [0.5, 0.6) is 0 Å². The standard InChI is InChI=1S/C10H6ClF2N3/c11-6-1-2-8(7(12)3-6)16-10-4-9(13)14-5-15-10/h1-5H,(H,14,15,16). The van der Waals surface area contributed by atoms with E-state index in [2.05, 4.69) is 15.3 Å². The zero-order valence-corrected chi connectivity index (χ0v) is 8.67. The minimum absolute atomic E-state index is 0.169. The van der Waals surface area contributed by atoms with Gasteiger partial charge in [0, 0.05) is 11.1 Å². The number of benzene rings is 1. The van der Waals surface area contributed by atoms with Gasteiger partial charge in [-0.15, -0.1) is 0 Å². The van der Waals surface area contributed by atoms with Gasteiger partial charge in [0.15, 0.2) is 0 Å². The van der Waals surface area contributed by atoms with Crippen molar-refractivity contribution in [2.75, 3.05) is 5.32 Å². The average Bonchev–Trinajstić information content (AvgIpc) is 2.22. The SMILES string of the molecule is Fc1cc(Nc2ccc(Cl)cc2F)ncn1. The number of halogens is 3. The number of hydrogen-bond donors (Lipinski definition) is 1. The van der Waals surface area contributed by atoms with Crippen molar-refractivity contribution in [1.82, 2.24) is 9.97 Å². The number of hydrogen-bond acceptors (Lipinski definition) is 3. The lowest BCUT2D eigenvalue weighted by atomic mass is 10.3. The van der Waals surface area contributed by atoms with Crippen molar-refractivity contribution in [3.05, 3.63) is 47.4 Å². The van der Waals surface area contributed by atoms with Crippen LogP contribution >= 0.6 is 11.6 Å². The summed E-state index contributed by atoms with van der Waals surface area (Å²) in [5.74, 6) is -1.05. The van der Waals surface area contributed by atoms with Crippen molar-refractivity contribution in [3.8, 4) is 0 Å². The second-order valence-electron chi connectivity index (χ2n) is 2.98. The maximum Gasteiger partial charge on any atom is 0.218 e. The van der Waals surface area contributed by atoms with Crippen molar-refractivity contribution in [1.29, 1.82) is 0 Å². The van der Waals surface area contributed by atoms with Crippen LogP contribution in [0, 0.1) is 11.8 Å². The highest BCUT2D eigenvalue weighted by atomic mass is 35.5. The highest BCUT2D eigenvalue weighted by molar-refractivity contribution is 6.30. The molecule has 2 aromatic rings. The Balaban J connectivity index is 2.27. The van der Waals surface area contributed by atoms with Crippen LogP contribution in [-0.4, -0.2) is 9.97 Å². The molecule has 0 amide bonds. The molecule has 1 N–H and O–H groups in total. The van der Waals surface area contributed by atoms with Gasteiger partial charge in [-0.1, -0.05) is 11.6 Å². The minimum atomic E-state index is -0.688. The Morgan fingerprint density at radius 3 is 2.62 bits per heavy atom. The molecule has 0 aliphatic carbocycles. The molecule has 1 aromatic heterocycles. The van der Waals surface area contributed by atoms with E-state index in [1.54, 1.807) is 0 Å². The molecule has 0 fully saturated rings. The summed E-state index contributed by atoms with van der Waals surface area (Å²) in [7, 11) is 0. The largest absolute Gasteiger partial charge is 0.338 e. The normalized spacial score (nSPS) is 10.2. The van der Waals surface area contributed by atoms with E-state index in [4.69, 9.17) is 11.6 Å². The molecule has 1 aromatic carbocycles. The quantitative estimate of drug-likeness (QED) is 0.821. The Morgan fingerprint density at radius 2 is 1.94 bits per heavy atom. The number of aromatic nitrogens is 2. The summed E-state index contributed by atoms with van der Waals surface area (Å²) in [5, 5.41) is 2.90. The molecule has 6 heteroatoms. The Labute approximate surface area is 95.1 Å². The molecular weight excluding hydrogens is 236 g/mol. The number of rotatable bonds is 2. The number of anilines is 2. The van der Waals surface area contributed by atoms with Crippen LogP contribution in [0.25, 0.3) is 0 Å². The molecular formula is C10H6ClF2N3. The predicted octanol–water partition coefficient (Wildman–Crippen LogP) is 3.15. The molecule has 0 bridgehead atoms. The Bertz CT molecular complexity index is 519. The molecule has 2 rings (SSSR count). The Hall–Kier alpha value is -1.75. The highest BCUT2D eigenvalue weighted by Crippen LogP contribution is 2.21. The molecule has 82 valence electrons. The summed E-state index contributed by atoms with van der Waals surface area (Å²) >= 11 is 5.59. The van der Waals surface area contributed by atoms with Crippen molar-refractivity contribution < 1.29 is 8.78 Å². The fourth-order valence-corrected chi connectivity index (χ4v) is 1.29. The van der Waals surface area contributed by atoms with Gasteiger partial charge in [0.1, 0.15) is 18.0 Å². The van der Waals surface area contributed by atoms with Crippen molar-refractivity contribution in [2.24, 2.45) is 0 Å². The van der Waals surface area contributed by atoms with Gasteiger partial charge >= 0.3 is 0 Å². The molecule has 0 atom stereocenters. The number of nitrogens with zero attached hydrogens (tertiary/aromatic N) is 2. The molecule has 3 nitrogen and oxygen atoms in total. The Morgan fingerprint density at radius 1 is 1.12 bits per heavy atom. The molecule has 0 saturated carbocycles. The third-order valence-electron chi connectivity index (χ3n) is 1.83. The second kappa shape index (κ2) is 4.40. The van der Waals surface area contributed by atoms with Crippen molar-refractivity contribution in [2.45, 2.75) is 0 Å². The van der Waals surface area contributed by atoms with E-state index in [0.29, 0.717) is 0 Å². The first-order valence-corrected chi connectivity index (χ1v) is 4.72. The Kier molecular flexibility index (Phi) is 2.96. The van der Waals surface area contributed by atoms with Crippen LogP contribution in [0.1, 0.15) is 0 Å². The van der Waals surface area contributed by atoms with E-state index in [1.807, 2.05) is 0 Å². The summed E-state index contributed by atoms with van der Waals surface area (Å²) in [5.41, 5.74) is 0.169. The molecule has 0 radical (unpaired) electrons. The van der Waals surface area contributed by atoms with E-state index in [-0.39, 0.29) is 16.5 Å². The molecule has 16 heavy (non-hydrogen) atoms. The minimum Gasteiger partial charge on any atom is -0.338 e. The predicted molar refractivity (Wildman–Crippen MR) is 56.7 cm³/mol. The lowest BCUT2D eigenvalue weighted by Crippen LogP contribution is -1.97. The molecule has 1 heterocycles. The van der Waals surface area contributed by atoms with Gasteiger partial charge in [-0.25, -0.2) is 14.4 Å². The topological polar surface area (TPSA) is 37.8 Å². The summed E-state index contributed by atoms with van der Waals surface area (Å²) in [6.45, 7) is 0. The number of nitrogens with one attached hydrogen (secondary N) is 1. The van der Waals surface area contributed by atoms with E-state index < -0.39 is 11.8 Å². The maximum absolute atomic E-state index is 13.4. The van der Waals surface area contributed by atoms with Gasteiger partial charge in [-0.2, -0.15) is 4.39 Å². The van der Waals surface area contributed by atoms with E-state index in [0.717, 1.165) is 18.5 Å². The third kappa shape index (κ3) is 2.43. The first-order valence-electron chi connectivity index (χ1n) is 4.35. The van der Waals surface area contributed by atoms with E-state index in [9.17, 15) is 8.78 Å². The summed E-state index contributed by atoms with van der Waals surface area (Å²) in [6, 6.07) is 5.18. The molecule has 0 unspecified atom stereocenters. The summed E-state index contributed by atoms with van der Waals surface area (Å²) < 4.78 is 26.1. The van der Waals surface area contributed by atoms with E-state index in [1.165, 1.54) is 12.1 Å². The van der Waals surface area contributed by atoms with Crippen LogP contribution in [0.4, 0.5) is 20.3 Å². The zero-order chi connectivity index (χ0) is 11.5. The lowest BCUT2D eigenvalue weighted by Gasteiger charge is -2.06. The first-order chi connectivity index (χ1) is 7.65. The van der Waals surface area contributed by atoms with Crippen LogP contribution in [0.3, 0.4) is 0 Å². The molecule has 0 aliphatic heterocycles. The van der Waals surface area contributed by atoms with Gasteiger partial charge in [-0.05, 0) is 18.2 Å². The van der Waals surface area contributed by atoms with Gasteiger partial charge < -0.3 is 5.32 Å². The van der Waals surface area contributed by atoms with Gasteiger partial charge in [0.25, 0.3) is 0 Å². The van der Waals surface area contributed by atoms with Crippen molar-refractivity contribution >= 4 is 23.1 Å². The van der Waals surface area contributed by atoms with Crippen LogP contribution in [0.15, 0.2) is 30.6 Å². The molecule has 0 saturated heterocycles. The lowest BCUT2D eigenvalue weighted by molar-refractivity contribution is 0.580. The van der Waals surface area contributed by atoms with Crippen molar-refractivity contribution in [3.63, 3.8) is 0 Å². The smallest absolute Gasteiger partial charge is 0.218 e. The molecule has 0 aliphatic rings. The van der Waals surface area contributed by atoms with Crippen LogP contribution in [-0.2, 0) is 0 Å². The van der Waals surface area contributed by atoms with Crippen LogP contribution < -0.4 is 5.32 Å². The van der Waals surface area contributed by atoms with Gasteiger partial charge in [0.05, 0.1) is 5.69 Å². The molecule has 0 spiro atoms. The fourth-order valence-electron chi connectivity index (χ4n) is 1.13. The van der Waals surface area contributed by atoms with E-state index >= 15 is 0 Å². The summed E-state index contributed by atoms with van der Waals surface area (Å²) in [4.78, 5) is 7.02. The third-order valence-corrected chi connectivity index (χ3v) is 2.06. The fraction of sp³-hybridized carbons (Fsp3) is 0. The highest BCUT2D eigenvalue weighted by Gasteiger charge is 2.04. The van der Waals surface area contributed by atoms with Gasteiger partial charge in [0.2, 0.25) is 5.95 Å². The van der Waals surface area contributed by atoms with Gasteiger partial charge in [-0.3, -0.25) is 0 Å². The average molecular weight is 242 g/mol. The first kappa shape index (κ1) is 10.8. The zero-order valence-electron chi connectivity index (χ0n) is 7.92. The monoisotopic (exact) mass is 241 g/mol. The summed E-state index contributed by atoms with van der Waals surface area (Å²) in [6.07, 6.45) is 1.05. The maximum atomic E-state index is 13.4.